The molecule has 2 nitrogen and oxygen atoms in total. The first kappa shape index (κ1) is 12.9. The van der Waals surface area contributed by atoms with Gasteiger partial charge < -0.3 is 4.90 Å². The lowest BCUT2D eigenvalue weighted by atomic mass is 10.3. The standard InChI is InChI=1S/C12H22N2/c1-5-8-9-12(13-4)14(10-6-2)11-7-3/h5,8-9H,1,6-7,10-11H2,2-4H3/b9-8-,13-12+. The molecule has 0 N–H and O–H groups in total. The summed E-state index contributed by atoms with van der Waals surface area (Å²) >= 11 is 0. The Morgan fingerprint density at radius 2 is 1.86 bits per heavy atom. The summed E-state index contributed by atoms with van der Waals surface area (Å²) in [5.41, 5.74) is 0. The molecule has 2 heteroatoms. The molecule has 0 saturated carbocycles. The van der Waals surface area contributed by atoms with Crippen molar-refractivity contribution in [3.63, 3.8) is 0 Å². The second kappa shape index (κ2) is 8.54. The summed E-state index contributed by atoms with van der Waals surface area (Å²) in [6, 6.07) is 0. The lowest BCUT2D eigenvalue weighted by molar-refractivity contribution is 0.418. The lowest BCUT2D eigenvalue weighted by Gasteiger charge is -2.23. The van der Waals surface area contributed by atoms with Gasteiger partial charge in [0.05, 0.1) is 0 Å². The van der Waals surface area contributed by atoms with Crippen molar-refractivity contribution >= 4 is 5.84 Å². The molecule has 0 bridgehead atoms. The van der Waals surface area contributed by atoms with Crippen LogP contribution in [0.3, 0.4) is 0 Å². The van der Waals surface area contributed by atoms with Crippen LogP contribution >= 0.6 is 0 Å². The van der Waals surface area contributed by atoms with E-state index in [9.17, 15) is 0 Å². The number of nitrogens with zero attached hydrogens (tertiary/aromatic N) is 2. The van der Waals surface area contributed by atoms with Crippen LogP contribution in [-0.4, -0.2) is 30.9 Å². The molecule has 0 rings (SSSR count). The van der Waals surface area contributed by atoms with E-state index >= 15 is 0 Å². The normalized spacial score (nSPS) is 12.1. The Hall–Kier alpha value is -1.05. The molecule has 0 atom stereocenters. The largest absolute Gasteiger partial charge is 0.357 e. The highest BCUT2D eigenvalue weighted by atomic mass is 15.2. The van der Waals surface area contributed by atoms with Gasteiger partial charge in [-0.2, -0.15) is 0 Å². The van der Waals surface area contributed by atoms with Gasteiger partial charge in [-0.05, 0) is 18.9 Å². The highest BCUT2D eigenvalue weighted by Crippen LogP contribution is 1.98. The second-order valence-electron chi connectivity index (χ2n) is 3.16. The van der Waals surface area contributed by atoms with Gasteiger partial charge in [-0.25, -0.2) is 0 Å². The fourth-order valence-electron chi connectivity index (χ4n) is 1.36. The van der Waals surface area contributed by atoms with Crippen molar-refractivity contribution in [1.82, 2.24) is 4.90 Å². The van der Waals surface area contributed by atoms with Crippen LogP contribution < -0.4 is 0 Å². The van der Waals surface area contributed by atoms with E-state index in [1.165, 1.54) is 0 Å². The van der Waals surface area contributed by atoms with Crippen molar-refractivity contribution in [1.29, 1.82) is 0 Å². The molecule has 0 aromatic rings. The van der Waals surface area contributed by atoms with E-state index in [0.29, 0.717) is 0 Å². The molecule has 0 spiro atoms. The van der Waals surface area contributed by atoms with E-state index in [1.807, 2.05) is 19.2 Å². The first-order valence-electron chi connectivity index (χ1n) is 5.30. The molecule has 0 aromatic carbocycles. The molecular weight excluding hydrogens is 172 g/mol. The molecule has 0 amide bonds. The van der Waals surface area contributed by atoms with E-state index in [4.69, 9.17) is 0 Å². The third-order valence-electron chi connectivity index (χ3n) is 1.92. The predicted molar refractivity (Wildman–Crippen MR) is 64.9 cm³/mol. The highest BCUT2D eigenvalue weighted by Gasteiger charge is 2.04. The Balaban J connectivity index is 4.41. The zero-order chi connectivity index (χ0) is 10.8. The van der Waals surface area contributed by atoms with Gasteiger partial charge in [0.25, 0.3) is 0 Å². The van der Waals surface area contributed by atoms with Gasteiger partial charge in [0.15, 0.2) is 0 Å². The first-order chi connectivity index (χ1) is 6.79. The van der Waals surface area contributed by atoms with Crippen molar-refractivity contribution in [2.45, 2.75) is 26.7 Å². The van der Waals surface area contributed by atoms with Gasteiger partial charge in [0.1, 0.15) is 5.84 Å². The minimum atomic E-state index is 1.05. The summed E-state index contributed by atoms with van der Waals surface area (Å²) in [5, 5.41) is 0. The minimum Gasteiger partial charge on any atom is -0.357 e. The molecule has 0 aliphatic rings. The summed E-state index contributed by atoms with van der Waals surface area (Å²) in [4.78, 5) is 6.58. The first-order valence-corrected chi connectivity index (χ1v) is 5.30. The number of hydrogen-bond acceptors (Lipinski definition) is 1. The zero-order valence-corrected chi connectivity index (χ0v) is 9.66. The summed E-state index contributed by atoms with van der Waals surface area (Å²) in [6.45, 7) is 10.2. The van der Waals surface area contributed by atoms with Crippen molar-refractivity contribution < 1.29 is 0 Å². The Bertz CT molecular complexity index is 198. The summed E-state index contributed by atoms with van der Waals surface area (Å²) in [7, 11) is 1.83. The Labute approximate surface area is 88.0 Å². The van der Waals surface area contributed by atoms with E-state index in [1.54, 1.807) is 6.08 Å². The zero-order valence-electron chi connectivity index (χ0n) is 9.66. The van der Waals surface area contributed by atoms with E-state index in [0.717, 1.165) is 31.8 Å². The fourth-order valence-corrected chi connectivity index (χ4v) is 1.36. The molecule has 0 unspecified atom stereocenters. The second-order valence-corrected chi connectivity index (χ2v) is 3.16. The lowest BCUT2D eigenvalue weighted by Crippen LogP contribution is -2.31. The van der Waals surface area contributed by atoms with Gasteiger partial charge >= 0.3 is 0 Å². The van der Waals surface area contributed by atoms with Crippen LogP contribution in [-0.2, 0) is 0 Å². The van der Waals surface area contributed by atoms with Gasteiger partial charge in [0, 0.05) is 20.1 Å². The van der Waals surface area contributed by atoms with E-state index < -0.39 is 0 Å². The number of allylic oxidation sites excluding steroid dienone is 2. The molecule has 0 aliphatic carbocycles. The SMILES string of the molecule is C=C/C=C\C(=N/C)N(CCC)CCC. The molecule has 0 saturated heterocycles. The fraction of sp³-hybridized carbons (Fsp3) is 0.583. The van der Waals surface area contributed by atoms with Gasteiger partial charge in [0.2, 0.25) is 0 Å². The monoisotopic (exact) mass is 194 g/mol. The van der Waals surface area contributed by atoms with Gasteiger partial charge in [-0.15, -0.1) is 0 Å². The molecule has 14 heavy (non-hydrogen) atoms. The molecule has 0 fully saturated rings. The van der Waals surface area contributed by atoms with Crippen LogP contribution in [0.15, 0.2) is 29.8 Å². The third-order valence-corrected chi connectivity index (χ3v) is 1.92. The summed E-state index contributed by atoms with van der Waals surface area (Å²) < 4.78 is 0. The average Bonchev–Trinajstić information content (AvgIpc) is 2.19. The van der Waals surface area contributed by atoms with Crippen LogP contribution in [0.25, 0.3) is 0 Å². The quantitative estimate of drug-likeness (QED) is 0.360. The molecule has 80 valence electrons. The van der Waals surface area contributed by atoms with Crippen LogP contribution in [0.2, 0.25) is 0 Å². The number of amidine groups is 1. The minimum absolute atomic E-state index is 1.05. The van der Waals surface area contributed by atoms with Crippen molar-refractivity contribution in [2.24, 2.45) is 4.99 Å². The number of aliphatic imine (C=N–C) groups is 1. The van der Waals surface area contributed by atoms with Gasteiger partial charge in [-0.1, -0.05) is 32.6 Å². The topological polar surface area (TPSA) is 15.6 Å². The maximum absolute atomic E-state index is 4.27. The Morgan fingerprint density at radius 3 is 2.21 bits per heavy atom. The van der Waals surface area contributed by atoms with Crippen LogP contribution in [0.4, 0.5) is 0 Å². The van der Waals surface area contributed by atoms with E-state index in [-0.39, 0.29) is 0 Å². The van der Waals surface area contributed by atoms with Crippen molar-refractivity contribution in [3.8, 4) is 0 Å². The van der Waals surface area contributed by atoms with Crippen molar-refractivity contribution in [2.75, 3.05) is 20.1 Å². The third kappa shape index (κ3) is 4.85. The molecule has 0 radical (unpaired) electrons. The van der Waals surface area contributed by atoms with Gasteiger partial charge in [-0.3, -0.25) is 4.99 Å². The molecule has 0 aliphatic heterocycles. The van der Waals surface area contributed by atoms with Crippen LogP contribution in [0.1, 0.15) is 26.7 Å². The molecule has 0 aromatic heterocycles. The predicted octanol–water partition coefficient (Wildman–Crippen LogP) is 2.88. The summed E-state index contributed by atoms with van der Waals surface area (Å²) in [5.74, 6) is 1.05. The van der Waals surface area contributed by atoms with E-state index in [2.05, 4.69) is 30.3 Å². The maximum Gasteiger partial charge on any atom is 0.123 e. The van der Waals surface area contributed by atoms with Crippen LogP contribution in [0, 0.1) is 0 Å². The number of hydrogen-bond donors (Lipinski definition) is 0. The number of rotatable bonds is 6. The Kier molecular flexibility index (Phi) is 7.90. The maximum atomic E-state index is 4.27. The van der Waals surface area contributed by atoms with Crippen LogP contribution in [0.5, 0.6) is 0 Å². The smallest absolute Gasteiger partial charge is 0.123 e. The highest BCUT2D eigenvalue weighted by molar-refractivity contribution is 5.93. The van der Waals surface area contributed by atoms with Crippen molar-refractivity contribution in [3.05, 3.63) is 24.8 Å². The Morgan fingerprint density at radius 1 is 1.29 bits per heavy atom. The average molecular weight is 194 g/mol. The molecular formula is C12H22N2. The summed E-state index contributed by atoms with van der Waals surface area (Å²) in [6.07, 6.45) is 8.03. The molecule has 0 heterocycles.